The maximum atomic E-state index is 11.5. The highest BCUT2D eigenvalue weighted by Crippen LogP contribution is 2.44. The smallest absolute Gasteiger partial charge is 0.265 e. The third-order valence-electron chi connectivity index (χ3n) is 5.41. The summed E-state index contributed by atoms with van der Waals surface area (Å²) in [6.07, 6.45) is 0.775. The molecule has 11 heteroatoms. The Bertz CT molecular complexity index is 1120. The lowest BCUT2D eigenvalue weighted by Crippen LogP contribution is -2.31. The van der Waals surface area contributed by atoms with Crippen molar-refractivity contribution in [1.82, 2.24) is 0 Å². The van der Waals surface area contributed by atoms with E-state index in [9.17, 15) is 26.2 Å². The predicted molar refractivity (Wildman–Crippen MR) is 108 cm³/mol. The Morgan fingerprint density at radius 3 is 2.50 bits per heavy atom. The molecule has 1 aliphatic rings. The normalized spacial score (nSPS) is 18.8. The molecule has 0 spiro atoms. The summed E-state index contributed by atoms with van der Waals surface area (Å²) >= 11 is 0. The number of nitrogens with zero attached hydrogens (tertiary/aromatic N) is 1. The van der Waals surface area contributed by atoms with E-state index in [1.54, 1.807) is 12.9 Å². The highest BCUT2D eigenvalue weighted by atomic mass is 32.2. The Labute approximate surface area is 176 Å². The van der Waals surface area contributed by atoms with Gasteiger partial charge < -0.3 is 9.29 Å². The summed E-state index contributed by atoms with van der Waals surface area (Å²) in [7, 11) is -8.79. The minimum absolute atomic E-state index is 0.144. The van der Waals surface area contributed by atoms with Gasteiger partial charge in [0.2, 0.25) is 5.69 Å². The van der Waals surface area contributed by atoms with Crippen molar-refractivity contribution in [2.75, 3.05) is 18.9 Å². The van der Waals surface area contributed by atoms with Crippen molar-refractivity contribution in [2.24, 2.45) is 0 Å². The molecule has 0 aliphatic carbocycles. The third-order valence-corrected chi connectivity index (χ3v) is 7.05. The molecule has 0 fully saturated rings. The van der Waals surface area contributed by atoms with E-state index in [1.807, 2.05) is 18.4 Å². The second-order valence-corrected chi connectivity index (χ2v) is 10.3. The summed E-state index contributed by atoms with van der Waals surface area (Å²) in [6, 6.07) is 4.06. The van der Waals surface area contributed by atoms with Gasteiger partial charge in [-0.25, -0.2) is 13.2 Å². The van der Waals surface area contributed by atoms with Gasteiger partial charge in [0, 0.05) is 31.4 Å². The van der Waals surface area contributed by atoms with E-state index in [1.165, 1.54) is 18.2 Å². The molecule has 0 bridgehead atoms. The van der Waals surface area contributed by atoms with E-state index in [4.69, 9.17) is 9.29 Å². The van der Waals surface area contributed by atoms with Gasteiger partial charge in [-0.15, -0.1) is 0 Å². The monoisotopic (exact) mass is 459 g/mol. The van der Waals surface area contributed by atoms with Crippen molar-refractivity contribution in [3.8, 4) is 0 Å². The van der Waals surface area contributed by atoms with Gasteiger partial charge in [-0.3, -0.25) is 4.55 Å². The molecule has 0 radical (unpaired) electrons. The van der Waals surface area contributed by atoms with Crippen LogP contribution in [0, 0.1) is 0 Å². The van der Waals surface area contributed by atoms with Crippen LogP contribution in [0.15, 0.2) is 28.9 Å². The number of ether oxygens (including phenoxy) is 1. The molecule has 166 valence electrons. The summed E-state index contributed by atoms with van der Waals surface area (Å²) in [6.45, 7) is 5.99. The predicted octanol–water partition coefficient (Wildman–Crippen LogP) is 1.78. The number of hydrogen-bond acceptors (Lipinski definition) is 7. The van der Waals surface area contributed by atoms with Crippen LogP contribution >= 0.6 is 0 Å². The standard InChI is InChI=1S/C19H25NO8S2/c1-4-28-15(13-21)8-9-19(3)14(2)20(10-5-11-29(22,23)24)18-7-6-16(12-17(18)19)30(25,26)27/h6-7,12H,4-5,8-11H2,1-3H3,(H-,22,23,24,25,26,27). The van der Waals surface area contributed by atoms with E-state index in [-0.39, 0.29) is 30.0 Å². The van der Waals surface area contributed by atoms with Gasteiger partial charge in [0.1, 0.15) is 16.7 Å². The second kappa shape index (κ2) is 8.99. The number of carbonyl (C=O) groups excluding carboxylic acids is 1. The van der Waals surface area contributed by atoms with Crippen LogP contribution in [-0.4, -0.2) is 61.1 Å². The zero-order valence-corrected chi connectivity index (χ0v) is 18.7. The SMILES string of the molecule is CCOC(=C=O)CCC1(C)C(C)=[N+](CCCS(=O)(=O)O)c2ccc(S(=O)(=O)[O-])cc21. The summed E-state index contributed by atoms with van der Waals surface area (Å²) in [5, 5.41) is 0. The molecule has 30 heavy (non-hydrogen) atoms. The number of benzene rings is 1. The van der Waals surface area contributed by atoms with Crippen molar-refractivity contribution in [3.63, 3.8) is 0 Å². The molecule has 1 aromatic rings. The first-order valence-corrected chi connectivity index (χ1v) is 12.4. The Morgan fingerprint density at radius 1 is 1.30 bits per heavy atom. The molecule has 1 atom stereocenters. The molecule has 2 rings (SSSR count). The lowest BCUT2D eigenvalue weighted by Gasteiger charge is -2.23. The Kier molecular flexibility index (Phi) is 7.26. The van der Waals surface area contributed by atoms with Crippen LogP contribution in [0.25, 0.3) is 0 Å². The zero-order valence-electron chi connectivity index (χ0n) is 17.0. The highest BCUT2D eigenvalue weighted by Gasteiger charge is 2.46. The van der Waals surface area contributed by atoms with Crippen molar-refractivity contribution >= 4 is 37.6 Å². The molecule has 0 saturated heterocycles. The van der Waals surface area contributed by atoms with Crippen molar-refractivity contribution < 1.29 is 40.0 Å². The van der Waals surface area contributed by atoms with Gasteiger partial charge in [0.15, 0.2) is 17.4 Å². The largest absolute Gasteiger partial charge is 0.744 e. The first-order valence-electron chi connectivity index (χ1n) is 9.37. The van der Waals surface area contributed by atoms with Crippen molar-refractivity contribution in [2.45, 2.75) is 50.3 Å². The molecule has 1 unspecified atom stereocenters. The van der Waals surface area contributed by atoms with E-state index < -0.39 is 31.4 Å². The molecular weight excluding hydrogens is 434 g/mol. The van der Waals surface area contributed by atoms with E-state index >= 15 is 0 Å². The molecule has 0 amide bonds. The quantitative estimate of drug-likeness (QED) is 0.242. The van der Waals surface area contributed by atoms with E-state index in [0.29, 0.717) is 24.3 Å². The lowest BCUT2D eigenvalue weighted by molar-refractivity contribution is -0.438. The lowest BCUT2D eigenvalue weighted by atomic mass is 9.76. The molecule has 9 nitrogen and oxygen atoms in total. The van der Waals surface area contributed by atoms with Gasteiger partial charge in [-0.2, -0.15) is 13.0 Å². The van der Waals surface area contributed by atoms with Crippen LogP contribution in [-0.2, 0) is 35.2 Å². The van der Waals surface area contributed by atoms with E-state index in [2.05, 4.69) is 0 Å². The van der Waals surface area contributed by atoms with Crippen molar-refractivity contribution in [1.29, 1.82) is 0 Å². The first-order chi connectivity index (χ1) is 13.8. The van der Waals surface area contributed by atoms with Gasteiger partial charge in [-0.1, -0.05) is 0 Å². The Balaban J connectivity index is 2.49. The molecule has 1 heterocycles. The van der Waals surface area contributed by atoms with Crippen LogP contribution in [0.5, 0.6) is 0 Å². The van der Waals surface area contributed by atoms with Crippen LogP contribution in [0.2, 0.25) is 0 Å². The number of hydrogen-bond donors (Lipinski definition) is 1. The average molecular weight is 460 g/mol. The topological polar surface area (TPSA) is 141 Å². The van der Waals surface area contributed by atoms with Crippen LogP contribution < -0.4 is 0 Å². The minimum atomic E-state index is -4.67. The van der Waals surface area contributed by atoms with E-state index in [0.717, 1.165) is 5.71 Å². The number of rotatable bonds is 10. The fourth-order valence-corrected chi connectivity index (χ4v) is 4.71. The fraction of sp³-hybridized carbons (Fsp3) is 0.526. The van der Waals surface area contributed by atoms with Crippen LogP contribution in [0.4, 0.5) is 5.69 Å². The maximum absolute atomic E-state index is 11.5. The summed E-state index contributed by atoms with van der Waals surface area (Å²) in [4.78, 5) is 10.7. The summed E-state index contributed by atoms with van der Waals surface area (Å²) in [5.41, 5.74) is 1.30. The van der Waals surface area contributed by atoms with Gasteiger partial charge in [-0.05, 0) is 32.4 Å². The van der Waals surface area contributed by atoms with Gasteiger partial charge in [0.05, 0.1) is 22.7 Å². The van der Waals surface area contributed by atoms with Crippen LogP contribution in [0.3, 0.4) is 0 Å². The fourth-order valence-electron chi connectivity index (χ4n) is 3.72. The Morgan fingerprint density at radius 2 is 1.97 bits per heavy atom. The van der Waals surface area contributed by atoms with Gasteiger partial charge >= 0.3 is 0 Å². The molecule has 1 aromatic carbocycles. The number of allylic oxidation sites excluding steroid dienone is 1. The Hall–Kier alpha value is -2.04. The molecule has 1 aliphatic heterocycles. The maximum Gasteiger partial charge on any atom is 0.265 e. The van der Waals surface area contributed by atoms with Gasteiger partial charge in [0.25, 0.3) is 10.1 Å². The summed E-state index contributed by atoms with van der Waals surface area (Å²) in [5.74, 6) is 1.49. The molecule has 0 saturated carbocycles. The molecule has 1 N–H and O–H groups in total. The molecule has 0 aromatic heterocycles. The first kappa shape index (κ1) is 24.2. The minimum Gasteiger partial charge on any atom is -0.744 e. The summed E-state index contributed by atoms with van der Waals surface area (Å²) < 4.78 is 72.8. The second-order valence-electron chi connectivity index (χ2n) is 7.30. The average Bonchev–Trinajstić information content (AvgIpc) is 2.85. The highest BCUT2D eigenvalue weighted by molar-refractivity contribution is 7.86. The van der Waals surface area contributed by atoms with Crippen molar-refractivity contribution in [3.05, 3.63) is 29.5 Å². The van der Waals surface area contributed by atoms with Crippen LogP contribution in [0.1, 0.15) is 45.6 Å². The molecular formula is C19H25NO8S2. The third kappa shape index (κ3) is 5.35. The number of fused-ring (bicyclic) bond motifs is 1. The zero-order chi connectivity index (χ0) is 22.7.